The second-order valence-electron chi connectivity index (χ2n) is 6.62. The Balaban J connectivity index is 1.95. The van der Waals surface area contributed by atoms with Crippen LogP contribution in [0.3, 0.4) is 0 Å². The van der Waals surface area contributed by atoms with E-state index >= 15 is 0 Å². The largest absolute Gasteiger partial charge is 0.299 e. The first-order chi connectivity index (χ1) is 8.66. The number of halogens is 6. The smallest absolute Gasteiger partial charge is 0.160 e. The average molecular weight is 381 g/mol. The fourth-order valence-corrected chi connectivity index (χ4v) is 10.2. The van der Waals surface area contributed by atoms with E-state index in [9.17, 15) is 4.79 Å². The standard InChI is InChI=1S/C12H8Cl6O/c13-8-9(14)6-2-1-3(7(6)19)4-5(2)11(9,16)12(17,18)10(4,8)15/h2-6,8H,1H2/t2?,3?,4?,5?,6?,8?,9-,10+,11-/m0/s1. The molecule has 5 rings (SSSR count). The first-order valence-electron chi connectivity index (χ1n) is 6.29. The summed E-state index contributed by atoms with van der Waals surface area (Å²) in [5.41, 5.74) is 0. The van der Waals surface area contributed by atoms with Gasteiger partial charge in [0.15, 0.2) is 4.33 Å². The summed E-state index contributed by atoms with van der Waals surface area (Å²) in [5.74, 6) is -0.312. The van der Waals surface area contributed by atoms with Gasteiger partial charge in [0, 0.05) is 11.8 Å². The van der Waals surface area contributed by atoms with Gasteiger partial charge in [-0.15, -0.1) is 46.4 Å². The van der Waals surface area contributed by atoms with E-state index in [2.05, 4.69) is 0 Å². The van der Waals surface area contributed by atoms with E-state index in [1.165, 1.54) is 0 Å². The fraction of sp³-hybridized carbons (Fsp3) is 0.917. The van der Waals surface area contributed by atoms with Crippen LogP contribution in [0.15, 0.2) is 0 Å². The van der Waals surface area contributed by atoms with Gasteiger partial charge in [-0.05, 0) is 24.2 Å². The predicted octanol–water partition coefficient (Wildman–Crippen LogP) is 3.81. The SMILES string of the molecule is O=C1C2CC3C1[C@]1(Cl)C(Cl)[C@]4(Cl)C2C3[C@@]1(Cl)C4(Cl)Cl. The predicted molar refractivity (Wildman–Crippen MR) is 76.9 cm³/mol. The van der Waals surface area contributed by atoms with Gasteiger partial charge in [-0.25, -0.2) is 0 Å². The molecule has 6 unspecified atom stereocenters. The molecule has 0 aliphatic heterocycles. The van der Waals surface area contributed by atoms with Crippen LogP contribution in [-0.4, -0.2) is 30.1 Å². The summed E-state index contributed by atoms with van der Waals surface area (Å²) < 4.78 is -1.40. The normalized spacial score (nSPS) is 73.7. The van der Waals surface area contributed by atoms with Crippen molar-refractivity contribution in [1.29, 1.82) is 0 Å². The Labute approximate surface area is 140 Å². The van der Waals surface area contributed by atoms with Crippen LogP contribution >= 0.6 is 69.6 Å². The molecule has 5 aliphatic rings. The molecule has 0 spiro atoms. The number of rotatable bonds is 0. The Bertz CT molecular complexity index is 564. The molecule has 9 atom stereocenters. The van der Waals surface area contributed by atoms with Gasteiger partial charge < -0.3 is 0 Å². The van der Waals surface area contributed by atoms with Crippen molar-refractivity contribution in [2.24, 2.45) is 29.6 Å². The number of hydrogen-bond acceptors (Lipinski definition) is 1. The minimum atomic E-state index is -1.40. The number of carbonyl (C=O) groups excluding carboxylic acids is 1. The lowest BCUT2D eigenvalue weighted by molar-refractivity contribution is -0.126. The van der Waals surface area contributed by atoms with Crippen molar-refractivity contribution in [3.05, 3.63) is 0 Å². The molecule has 5 fully saturated rings. The molecule has 7 heteroatoms. The van der Waals surface area contributed by atoms with Crippen LogP contribution in [0.1, 0.15) is 6.42 Å². The molecule has 0 amide bonds. The van der Waals surface area contributed by atoms with E-state index in [0.717, 1.165) is 6.42 Å². The molecule has 1 nitrogen and oxygen atoms in total. The van der Waals surface area contributed by atoms with Crippen LogP contribution in [0.2, 0.25) is 0 Å². The molecule has 0 saturated heterocycles. The van der Waals surface area contributed by atoms with E-state index in [4.69, 9.17) is 69.6 Å². The van der Waals surface area contributed by atoms with Crippen molar-refractivity contribution in [3.63, 3.8) is 0 Å². The minimum Gasteiger partial charge on any atom is -0.299 e. The maximum Gasteiger partial charge on any atom is 0.160 e. The van der Waals surface area contributed by atoms with Gasteiger partial charge in [-0.1, -0.05) is 23.2 Å². The lowest BCUT2D eigenvalue weighted by Gasteiger charge is -2.41. The summed E-state index contributed by atoms with van der Waals surface area (Å²) in [6.45, 7) is 0. The lowest BCUT2D eigenvalue weighted by Crippen LogP contribution is -2.54. The first kappa shape index (κ1) is 12.9. The van der Waals surface area contributed by atoms with Crippen molar-refractivity contribution in [1.82, 2.24) is 0 Å². The summed E-state index contributed by atoms with van der Waals surface area (Å²) in [7, 11) is 0. The maximum atomic E-state index is 12.6. The molecule has 0 radical (unpaired) electrons. The number of hydrogen-bond donors (Lipinski definition) is 0. The molecule has 0 N–H and O–H groups in total. The molecule has 0 aromatic carbocycles. The van der Waals surface area contributed by atoms with Gasteiger partial charge in [0.05, 0.1) is 10.3 Å². The maximum absolute atomic E-state index is 12.6. The van der Waals surface area contributed by atoms with Gasteiger partial charge >= 0.3 is 0 Å². The van der Waals surface area contributed by atoms with E-state index in [0.29, 0.717) is 0 Å². The second-order valence-corrected chi connectivity index (χ2v) is 10.2. The van der Waals surface area contributed by atoms with E-state index < -0.39 is 24.3 Å². The zero-order valence-corrected chi connectivity index (χ0v) is 13.9. The highest BCUT2D eigenvalue weighted by atomic mass is 35.5. The molecule has 0 aromatic heterocycles. The van der Waals surface area contributed by atoms with Crippen molar-refractivity contribution in [3.8, 4) is 0 Å². The zero-order chi connectivity index (χ0) is 13.7. The number of fused-ring (bicyclic) bond motifs is 5. The first-order valence-corrected chi connectivity index (χ1v) is 8.61. The van der Waals surface area contributed by atoms with Gasteiger partial charge in [0.2, 0.25) is 0 Å². The monoisotopic (exact) mass is 378 g/mol. The molecular weight excluding hydrogens is 373 g/mol. The molecule has 104 valence electrons. The molecule has 5 aliphatic carbocycles. The molecule has 4 bridgehead atoms. The number of ketones is 1. The summed E-state index contributed by atoms with van der Waals surface area (Å²) >= 11 is 40.2. The number of Topliss-reactive ketones (excluding diaryl/α,β-unsaturated/α-hetero) is 1. The second kappa shape index (κ2) is 2.93. The summed E-state index contributed by atoms with van der Waals surface area (Å²) in [6.07, 6.45) is 0.809. The molecule has 0 aromatic rings. The quantitative estimate of drug-likeness (QED) is 0.584. The number of alkyl halides is 6. The molecule has 5 saturated carbocycles. The summed E-state index contributed by atoms with van der Waals surface area (Å²) in [5, 5.41) is -0.693. The molecular formula is C12H8Cl6O. The van der Waals surface area contributed by atoms with Crippen molar-refractivity contribution in [2.45, 2.75) is 30.8 Å². The van der Waals surface area contributed by atoms with Crippen molar-refractivity contribution < 1.29 is 4.79 Å². The average Bonchev–Trinajstić information content (AvgIpc) is 2.95. The number of carbonyl (C=O) groups is 1. The van der Waals surface area contributed by atoms with Crippen LogP contribution in [0.4, 0.5) is 0 Å². The van der Waals surface area contributed by atoms with Gasteiger partial charge in [-0.3, -0.25) is 4.79 Å². The Morgan fingerprint density at radius 3 is 2.26 bits per heavy atom. The molecule has 19 heavy (non-hydrogen) atoms. The Morgan fingerprint density at radius 2 is 1.63 bits per heavy atom. The van der Waals surface area contributed by atoms with Crippen LogP contribution < -0.4 is 0 Å². The highest BCUT2D eigenvalue weighted by molar-refractivity contribution is 6.64. The minimum absolute atomic E-state index is 0.00173. The van der Waals surface area contributed by atoms with E-state index in [1.807, 2.05) is 0 Å². The van der Waals surface area contributed by atoms with Crippen molar-refractivity contribution >= 4 is 75.4 Å². The van der Waals surface area contributed by atoms with Crippen LogP contribution in [0, 0.1) is 29.6 Å². The van der Waals surface area contributed by atoms with E-state index in [1.54, 1.807) is 0 Å². The van der Waals surface area contributed by atoms with Crippen LogP contribution in [0.5, 0.6) is 0 Å². The highest BCUT2D eigenvalue weighted by Gasteiger charge is 3.00. The Morgan fingerprint density at radius 1 is 1.00 bits per heavy atom. The third-order valence-corrected chi connectivity index (χ3v) is 11.5. The highest BCUT2D eigenvalue weighted by Crippen LogP contribution is 2.90. The topological polar surface area (TPSA) is 17.1 Å². The fourth-order valence-electron chi connectivity index (χ4n) is 6.19. The van der Waals surface area contributed by atoms with E-state index in [-0.39, 0.29) is 35.4 Å². The third-order valence-electron chi connectivity index (χ3n) is 6.54. The molecule has 0 heterocycles. The van der Waals surface area contributed by atoms with Crippen LogP contribution in [0.25, 0.3) is 0 Å². The Hall–Kier alpha value is 1.41. The van der Waals surface area contributed by atoms with Gasteiger partial charge in [0.1, 0.15) is 15.5 Å². The van der Waals surface area contributed by atoms with Crippen molar-refractivity contribution in [2.75, 3.05) is 0 Å². The lowest BCUT2D eigenvalue weighted by atomic mass is 9.76. The third kappa shape index (κ3) is 0.788. The van der Waals surface area contributed by atoms with Gasteiger partial charge in [-0.2, -0.15) is 0 Å². The van der Waals surface area contributed by atoms with Gasteiger partial charge in [0.25, 0.3) is 0 Å². The zero-order valence-electron chi connectivity index (χ0n) is 9.35. The van der Waals surface area contributed by atoms with Crippen LogP contribution in [-0.2, 0) is 4.79 Å². The Kier molecular flexibility index (Phi) is 1.99. The summed E-state index contributed by atoms with van der Waals surface area (Å²) in [6, 6.07) is 0. The summed E-state index contributed by atoms with van der Waals surface area (Å²) in [4.78, 5) is 9.19.